The van der Waals surface area contributed by atoms with Gasteiger partial charge in [0, 0.05) is 23.5 Å². The van der Waals surface area contributed by atoms with Gasteiger partial charge in [0.2, 0.25) is 0 Å². The number of nitrogens with zero attached hydrogens (tertiary/aromatic N) is 2. The first-order valence-corrected chi connectivity index (χ1v) is 6.79. The molecule has 1 aromatic heterocycles. The molecule has 0 aliphatic heterocycles. The number of benzene rings is 2. The first-order valence-electron chi connectivity index (χ1n) is 6.42. The molecule has 1 N–H and O–H groups in total. The average Bonchev–Trinajstić information content (AvgIpc) is 2.54. The Morgan fingerprint density at radius 2 is 2.00 bits per heavy atom. The second kappa shape index (κ2) is 5.47. The molecule has 0 aliphatic carbocycles. The first kappa shape index (κ1) is 14.1. The maximum Gasteiger partial charge on any atom is 0.335 e. The standard InChI is InChI=1S/C17H9ClN2O2/c18-15-9-20-6-5-13(15)16-12(8-19)4-2-10-1-3-11(17(21)22)7-14(10)16/h1-7,9H,(H,21,22). The summed E-state index contributed by atoms with van der Waals surface area (Å²) in [4.78, 5) is 15.2. The Morgan fingerprint density at radius 1 is 1.23 bits per heavy atom. The Morgan fingerprint density at radius 3 is 2.68 bits per heavy atom. The average molecular weight is 309 g/mol. The van der Waals surface area contributed by atoms with E-state index in [1.54, 1.807) is 36.5 Å². The van der Waals surface area contributed by atoms with Crippen molar-refractivity contribution in [3.05, 3.63) is 64.9 Å². The second-order valence-electron chi connectivity index (χ2n) is 4.70. The van der Waals surface area contributed by atoms with Crippen molar-refractivity contribution in [1.29, 1.82) is 5.26 Å². The minimum atomic E-state index is -1.02. The number of aromatic nitrogens is 1. The van der Waals surface area contributed by atoms with E-state index in [-0.39, 0.29) is 5.56 Å². The predicted octanol–water partition coefficient (Wildman–Crippen LogP) is 4.13. The summed E-state index contributed by atoms with van der Waals surface area (Å²) in [5.74, 6) is -1.02. The number of hydrogen-bond acceptors (Lipinski definition) is 3. The number of fused-ring (bicyclic) bond motifs is 1. The van der Waals surface area contributed by atoms with E-state index in [1.165, 1.54) is 12.3 Å². The van der Waals surface area contributed by atoms with E-state index in [1.807, 2.05) is 0 Å². The van der Waals surface area contributed by atoms with Crippen LogP contribution in [0.25, 0.3) is 21.9 Å². The topological polar surface area (TPSA) is 74.0 Å². The molecule has 0 amide bonds. The van der Waals surface area contributed by atoms with Crippen LogP contribution in [-0.4, -0.2) is 16.1 Å². The third-order valence-electron chi connectivity index (χ3n) is 3.43. The Bertz CT molecular complexity index is 945. The molecule has 0 radical (unpaired) electrons. The number of carbonyl (C=O) groups is 1. The molecule has 1 heterocycles. The van der Waals surface area contributed by atoms with E-state index in [2.05, 4.69) is 11.1 Å². The molecule has 0 atom stereocenters. The molecule has 22 heavy (non-hydrogen) atoms. The van der Waals surface area contributed by atoms with E-state index < -0.39 is 5.97 Å². The van der Waals surface area contributed by atoms with E-state index >= 15 is 0 Å². The summed E-state index contributed by atoms with van der Waals surface area (Å²) in [6.07, 6.45) is 3.08. The van der Waals surface area contributed by atoms with Crippen LogP contribution < -0.4 is 0 Å². The van der Waals surface area contributed by atoms with Gasteiger partial charge in [-0.05, 0) is 35.0 Å². The molecule has 0 unspecified atom stereocenters. The van der Waals surface area contributed by atoms with Crippen LogP contribution in [0.1, 0.15) is 15.9 Å². The lowest BCUT2D eigenvalue weighted by molar-refractivity contribution is 0.0697. The van der Waals surface area contributed by atoms with Crippen LogP contribution in [0.3, 0.4) is 0 Å². The molecule has 4 nitrogen and oxygen atoms in total. The molecule has 3 aromatic rings. The minimum absolute atomic E-state index is 0.161. The fourth-order valence-corrected chi connectivity index (χ4v) is 2.63. The van der Waals surface area contributed by atoms with Gasteiger partial charge in [-0.25, -0.2) is 4.79 Å². The molecular weight excluding hydrogens is 300 g/mol. The highest BCUT2D eigenvalue weighted by Gasteiger charge is 2.14. The molecule has 2 aromatic carbocycles. The quantitative estimate of drug-likeness (QED) is 0.772. The van der Waals surface area contributed by atoms with Gasteiger partial charge in [0.25, 0.3) is 0 Å². The van der Waals surface area contributed by atoms with Gasteiger partial charge in [-0.15, -0.1) is 0 Å². The SMILES string of the molecule is N#Cc1ccc2ccc(C(=O)O)cc2c1-c1ccncc1Cl. The number of nitriles is 1. The van der Waals surface area contributed by atoms with Crippen molar-refractivity contribution < 1.29 is 9.90 Å². The number of aromatic carboxylic acids is 1. The van der Waals surface area contributed by atoms with Gasteiger partial charge in [0.15, 0.2) is 0 Å². The van der Waals surface area contributed by atoms with Crippen molar-refractivity contribution in [3.8, 4) is 17.2 Å². The zero-order valence-electron chi connectivity index (χ0n) is 11.2. The van der Waals surface area contributed by atoms with Crippen LogP contribution in [0.15, 0.2) is 48.8 Å². The van der Waals surface area contributed by atoms with Crippen molar-refractivity contribution in [2.45, 2.75) is 0 Å². The Balaban J connectivity index is 2.45. The molecule has 0 fully saturated rings. The van der Waals surface area contributed by atoms with Crippen molar-refractivity contribution in [1.82, 2.24) is 4.98 Å². The largest absolute Gasteiger partial charge is 0.478 e. The summed E-state index contributed by atoms with van der Waals surface area (Å²) in [7, 11) is 0. The van der Waals surface area contributed by atoms with Gasteiger partial charge >= 0.3 is 5.97 Å². The predicted molar refractivity (Wildman–Crippen MR) is 83.9 cm³/mol. The van der Waals surface area contributed by atoms with E-state index in [0.29, 0.717) is 27.1 Å². The van der Waals surface area contributed by atoms with Gasteiger partial charge in [-0.2, -0.15) is 5.26 Å². The summed E-state index contributed by atoms with van der Waals surface area (Å²) >= 11 is 6.20. The van der Waals surface area contributed by atoms with Crippen molar-refractivity contribution in [3.63, 3.8) is 0 Å². The van der Waals surface area contributed by atoms with Gasteiger partial charge in [-0.3, -0.25) is 4.98 Å². The van der Waals surface area contributed by atoms with Crippen LogP contribution in [-0.2, 0) is 0 Å². The number of carboxylic acid groups (broad SMARTS) is 1. The normalized spacial score (nSPS) is 10.4. The van der Waals surface area contributed by atoms with Crippen LogP contribution in [0, 0.1) is 11.3 Å². The maximum absolute atomic E-state index is 11.2. The zero-order valence-corrected chi connectivity index (χ0v) is 12.0. The summed E-state index contributed by atoms with van der Waals surface area (Å²) in [5.41, 5.74) is 1.87. The Kier molecular flexibility index (Phi) is 3.50. The summed E-state index contributed by atoms with van der Waals surface area (Å²) in [6, 6.07) is 12.2. The summed E-state index contributed by atoms with van der Waals surface area (Å²) < 4.78 is 0. The first-order chi connectivity index (χ1) is 10.6. The summed E-state index contributed by atoms with van der Waals surface area (Å²) in [6.45, 7) is 0. The van der Waals surface area contributed by atoms with E-state index in [4.69, 9.17) is 11.6 Å². The highest BCUT2D eigenvalue weighted by Crippen LogP contribution is 2.36. The third-order valence-corrected chi connectivity index (χ3v) is 3.73. The molecule has 0 aliphatic rings. The van der Waals surface area contributed by atoms with Gasteiger partial charge < -0.3 is 5.11 Å². The van der Waals surface area contributed by atoms with Gasteiger partial charge in [0.1, 0.15) is 0 Å². The lowest BCUT2D eigenvalue weighted by atomic mass is 9.93. The lowest BCUT2D eigenvalue weighted by Gasteiger charge is -2.11. The van der Waals surface area contributed by atoms with E-state index in [9.17, 15) is 15.2 Å². The monoisotopic (exact) mass is 308 g/mol. The van der Waals surface area contributed by atoms with Gasteiger partial charge in [-0.1, -0.05) is 23.7 Å². The highest BCUT2D eigenvalue weighted by molar-refractivity contribution is 6.33. The number of pyridine rings is 1. The number of carboxylic acids is 1. The zero-order chi connectivity index (χ0) is 15.7. The Hall–Kier alpha value is -2.90. The van der Waals surface area contributed by atoms with Crippen LogP contribution >= 0.6 is 11.6 Å². The van der Waals surface area contributed by atoms with Crippen molar-refractivity contribution in [2.24, 2.45) is 0 Å². The smallest absolute Gasteiger partial charge is 0.335 e. The van der Waals surface area contributed by atoms with Gasteiger partial charge in [0.05, 0.1) is 22.2 Å². The number of hydrogen-bond donors (Lipinski definition) is 1. The number of rotatable bonds is 2. The lowest BCUT2D eigenvalue weighted by Crippen LogP contribution is -1.97. The molecule has 106 valence electrons. The van der Waals surface area contributed by atoms with Crippen LogP contribution in [0.2, 0.25) is 5.02 Å². The molecule has 0 saturated heterocycles. The van der Waals surface area contributed by atoms with Crippen molar-refractivity contribution >= 4 is 28.3 Å². The molecule has 5 heteroatoms. The van der Waals surface area contributed by atoms with Crippen LogP contribution in [0.5, 0.6) is 0 Å². The molecule has 0 bridgehead atoms. The third kappa shape index (κ3) is 2.28. The number of halogens is 1. The Labute approximate surface area is 131 Å². The summed E-state index contributed by atoms with van der Waals surface area (Å²) in [5, 5.41) is 20.5. The highest BCUT2D eigenvalue weighted by atomic mass is 35.5. The fourth-order valence-electron chi connectivity index (χ4n) is 2.41. The fraction of sp³-hybridized carbons (Fsp3) is 0. The van der Waals surface area contributed by atoms with Crippen LogP contribution in [0.4, 0.5) is 0 Å². The molecule has 3 rings (SSSR count). The minimum Gasteiger partial charge on any atom is -0.478 e. The molecule has 0 saturated carbocycles. The molecule has 0 spiro atoms. The van der Waals surface area contributed by atoms with Crippen molar-refractivity contribution in [2.75, 3.05) is 0 Å². The molecular formula is C17H9ClN2O2. The second-order valence-corrected chi connectivity index (χ2v) is 5.10. The van der Waals surface area contributed by atoms with E-state index in [0.717, 1.165) is 5.39 Å². The maximum atomic E-state index is 11.2.